The smallest absolute Gasteiger partial charge is 0.124 e. The van der Waals surface area contributed by atoms with Gasteiger partial charge in [-0.1, -0.05) is 32.0 Å². The maximum absolute atomic E-state index is 5.91. The van der Waals surface area contributed by atoms with Crippen molar-refractivity contribution in [3.63, 3.8) is 0 Å². The van der Waals surface area contributed by atoms with E-state index in [1.165, 1.54) is 18.4 Å². The molecule has 0 spiro atoms. The van der Waals surface area contributed by atoms with Crippen LogP contribution in [-0.4, -0.2) is 25.9 Å². The van der Waals surface area contributed by atoms with Gasteiger partial charge in [-0.3, -0.25) is 0 Å². The first-order valence-corrected chi connectivity index (χ1v) is 8.41. The lowest BCUT2D eigenvalue weighted by Crippen LogP contribution is -2.23. The molecule has 1 aromatic carbocycles. The van der Waals surface area contributed by atoms with E-state index in [2.05, 4.69) is 43.4 Å². The van der Waals surface area contributed by atoms with Crippen molar-refractivity contribution < 1.29 is 9.47 Å². The Labute approximate surface area is 129 Å². The normalized spacial score (nSPS) is 19.6. The number of nitrogens with one attached hydrogen (secondary N) is 1. The van der Waals surface area contributed by atoms with Gasteiger partial charge in [0.1, 0.15) is 5.75 Å². The lowest BCUT2D eigenvalue weighted by atomic mass is 9.98. The molecule has 1 aliphatic rings. The molecule has 2 atom stereocenters. The molecule has 3 nitrogen and oxygen atoms in total. The lowest BCUT2D eigenvalue weighted by Gasteiger charge is -2.22. The summed E-state index contributed by atoms with van der Waals surface area (Å²) in [5.74, 6) is 1.03. The van der Waals surface area contributed by atoms with Crippen LogP contribution < -0.4 is 10.1 Å². The number of rotatable bonds is 9. The van der Waals surface area contributed by atoms with E-state index in [-0.39, 0.29) is 0 Å². The van der Waals surface area contributed by atoms with Crippen LogP contribution in [0.1, 0.15) is 57.6 Å². The van der Waals surface area contributed by atoms with Crippen LogP contribution in [0.5, 0.6) is 5.75 Å². The summed E-state index contributed by atoms with van der Waals surface area (Å²) >= 11 is 0. The minimum atomic E-state index is 0.354. The molecule has 1 N–H and O–H groups in total. The molecular weight excluding hydrogens is 262 g/mol. The molecule has 3 heteroatoms. The fraction of sp³-hybridized carbons (Fsp3) is 0.667. The number of para-hydroxylation sites is 1. The average Bonchev–Trinajstić information content (AvgIpc) is 3.03. The Morgan fingerprint density at radius 1 is 1.33 bits per heavy atom. The second-order valence-corrected chi connectivity index (χ2v) is 5.71. The monoisotopic (exact) mass is 291 g/mol. The van der Waals surface area contributed by atoms with E-state index in [1.54, 1.807) is 0 Å². The number of benzene rings is 1. The molecule has 0 aliphatic carbocycles. The van der Waals surface area contributed by atoms with Crippen LogP contribution in [0, 0.1) is 0 Å². The summed E-state index contributed by atoms with van der Waals surface area (Å²) in [7, 11) is 0. The van der Waals surface area contributed by atoms with Gasteiger partial charge in [-0.15, -0.1) is 0 Å². The van der Waals surface area contributed by atoms with Gasteiger partial charge in [0.15, 0.2) is 0 Å². The predicted molar refractivity (Wildman–Crippen MR) is 86.9 cm³/mol. The van der Waals surface area contributed by atoms with Gasteiger partial charge < -0.3 is 14.8 Å². The quantitative estimate of drug-likeness (QED) is 0.743. The van der Waals surface area contributed by atoms with Crippen molar-refractivity contribution in [1.82, 2.24) is 5.32 Å². The molecular formula is C18H29NO2. The maximum Gasteiger partial charge on any atom is 0.124 e. The molecule has 21 heavy (non-hydrogen) atoms. The van der Waals surface area contributed by atoms with Crippen LogP contribution in [0.2, 0.25) is 0 Å². The highest BCUT2D eigenvalue weighted by molar-refractivity contribution is 5.36. The standard InChI is InChI=1S/C18H29NO2/c1-3-13-21-18-10-6-5-9-16(18)17(19-4-2)12-11-15-8-7-14-20-15/h5-6,9-10,15,17,19H,3-4,7-8,11-14H2,1-2H3. The third-order valence-corrected chi connectivity index (χ3v) is 4.01. The number of ether oxygens (including phenoxy) is 2. The van der Waals surface area contributed by atoms with E-state index in [0.29, 0.717) is 12.1 Å². The number of hydrogen-bond donors (Lipinski definition) is 1. The Morgan fingerprint density at radius 3 is 2.90 bits per heavy atom. The van der Waals surface area contributed by atoms with Gasteiger partial charge in [-0.05, 0) is 44.7 Å². The van der Waals surface area contributed by atoms with Crippen molar-refractivity contribution in [1.29, 1.82) is 0 Å². The van der Waals surface area contributed by atoms with Crippen LogP contribution in [0.25, 0.3) is 0 Å². The van der Waals surface area contributed by atoms with Crippen molar-refractivity contribution in [2.45, 2.75) is 58.1 Å². The van der Waals surface area contributed by atoms with Crippen LogP contribution in [0.4, 0.5) is 0 Å². The fourth-order valence-electron chi connectivity index (χ4n) is 2.95. The second kappa shape index (κ2) is 9.06. The molecule has 1 aromatic rings. The Morgan fingerprint density at radius 2 is 2.19 bits per heavy atom. The Balaban J connectivity index is 2.01. The van der Waals surface area contributed by atoms with Gasteiger partial charge in [0, 0.05) is 18.2 Å². The van der Waals surface area contributed by atoms with Crippen molar-refractivity contribution in [3.05, 3.63) is 29.8 Å². The summed E-state index contributed by atoms with van der Waals surface area (Å²) in [6.45, 7) is 6.99. The average molecular weight is 291 g/mol. The molecule has 1 aliphatic heterocycles. The fourth-order valence-corrected chi connectivity index (χ4v) is 2.95. The van der Waals surface area contributed by atoms with E-state index in [1.807, 2.05) is 0 Å². The molecule has 1 heterocycles. The third-order valence-electron chi connectivity index (χ3n) is 4.01. The van der Waals surface area contributed by atoms with E-state index in [0.717, 1.165) is 44.8 Å². The third kappa shape index (κ3) is 5.01. The first kappa shape index (κ1) is 16.3. The van der Waals surface area contributed by atoms with Gasteiger partial charge in [0.2, 0.25) is 0 Å². The molecule has 2 rings (SSSR count). The molecule has 0 saturated carbocycles. The maximum atomic E-state index is 5.91. The Bertz CT molecular complexity index is 402. The summed E-state index contributed by atoms with van der Waals surface area (Å²) in [5.41, 5.74) is 1.28. The van der Waals surface area contributed by atoms with Crippen molar-refractivity contribution in [2.24, 2.45) is 0 Å². The molecule has 1 saturated heterocycles. The molecule has 118 valence electrons. The molecule has 0 bridgehead atoms. The zero-order valence-electron chi connectivity index (χ0n) is 13.4. The Hall–Kier alpha value is -1.06. The minimum absolute atomic E-state index is 0.354. The molecule has 0 aromatic heterocycles. The van der Waals surface area contributed by atoms with Gasteiger partial charge in [0.25, 0.3) is 0 Å². The first-order valence-electron chi connectivity index (χ1n) is 8.41. The number of hydrogen-bond acceptors (Lipinski definition) is 3. The van der Waals surface area contributed by atoms with Crippen LogP contribution in [-0.2, 0) is 4.74 Å². The van der Waals surface area contributed by atoms with E-state index in [9.17, 15) is 0 Å². The first-order chi connectivity index (χ1) is 10.3. The highest BCUT2D eigenvalue weighted by Crippen LogP contribution is 2.30. The summed E-state index contributed by atoms with van der Waals surface area (Å²) in [6, 6.07) is 8.78. The largest absolute Gasteiger partial charge is 0.493 e. The topological polar surface area (TPSA) is 30.5 Å². The zero-order chi connectivity index (χ0) is 14.9. The van der Waals surface area contributed by atoms with Crippen molar-refractivity contribution in [2.75, 3.05) is 19.8 Å². The van der Waals surface area contributed by atoms with Gasteiger partial charge in [0.05, 0.1) is 12.7 Å². The van der Waals surface area contributed by atoms with Crippen LogP contribution in [0.15, 0.2) is 24.3 Å². The summed E-state index contributed by atoms with van der Waals surface area (Å²) in [5, 5.41) is 3.60. The minimum Gasteiger partial charge on any atom is -0.493 e. The van der Waals surface area contributed by atoms with Crippen molar-refractivity contribution >= 4 is 0 Å². The molecule has 0 amide bonds. The SMILES string of the molecule is CCCOc1ccccc1C(CCC1CCCO1)NCC. The second-order valence-electron chi connectivity index (χ2n) is 5.71. The van der Waals surface area contributed by atoms with Gasteiger partial charge in [-0.25, -0.2) is 0 Å². The summed E-state index contributed by atoms with van der Waals surface area (Å²) in [6.07, 6.45) is 6.15. The van der Waals surface area contributed by atoms with E-state index >= 15 is 0 Å². The van der Waals surface area contributed by atoms with Gasteiger partial charge in [-0.2, -0.15) is 0 Å². The van der Waals surface area contributed by atoms with Crippen LogP contribution in [0.3, 0.4) is 0 Å². The molecule has 2 unspecified atom stereocenters. The molecule has 0 radical (unpaired) electrons. The Kier molecular flexibility index (Phi) is 7.04. The highest BCUT2D eigenvalue weighted by atomic mass is 16.5. The predicted octanol–water partition coefficient (Wildman–Crippen LogP) is 4.09. The molecule has 1 fully saturated rings. The van der Waals surface area contributed by atoms with Crippen molar-refractivity contribution in [3.8, 4) is 5.75 Å². The lowest BCUT2D eigenvalue weighted by molar-refractivity contribution is 0.0995. The highest BCUT2D eigenvalue weighted by Gasteiger charge is 2.20. The summed E-state index contributed by atoms with van der Waals surface area (Å²) in [4.78, 5) is 0. The zero-order valence-corrected chi connectivity index (χ0v) is 13.4. The van der Waals surface area contributed by atoms with E-state index in [4.69, 9.17) is 9.47 Å². The summed E-state index contributed by atoms with van der Waals surface area (Å²) < 4.78 is 11.7. The van der Waals surface area contributed by atoms with Gasteiger partial charge >= 0.3 is 0 Å². The van der Waals surface area contributed by atoms with E-state index < -0.39 is 0 Å². The van der Waals surface area contributed by atoms with Crippen LogP contribution >= 0.6 is 0 Å².